The number of aromatic nitrogens is 1. The lowest BCUT2D eigenvalue weighted by Crippen LogP contribution is -2.54. The molecule has 1 aliphatic rings. The fourth-order valence-electron chi connectivity index (χ4n) is 3.31. The minimum Gasteiger partial charge on any atom is -0.408 e. The van der Waals surface area contributed by atoms with Crippen LogP contribution in [0.15, 0.2) is 32.3 Å². The number of hydrogen-bond acceptors (Lipinski definition) is 6. The highest BCUT2D eigenvalue weighted by atomic mass is 32.2. The van der Waals surface area contributed by atoms with Gasteiger partial charge < -0.3 is 9.32 Å². The molecule has 2 N–H and O–H groups in total. The number of hydrogen-bond donors (Lipinski definition) is 2. The van der Waals surface area contributed by atoms with E-state index < -0.39 is 15.8 Å². The van der Waals surface area contributed by atoms with E-state index in [-0.39, 0.29) is 16.5 Å². The Kier molecular flexibility index (Phi) is 5.52. The van der Waals surface area contributed by atoms with Gasteiger partial charge in [0.15, 0.2) is 5.58 Å². The highest BCUT2D eigenvalue weighted by molar-refractivity contribution is 7.89. The van der Waals surface area contributed by atoms with Gasteiger partial charge in [-0.1, -0.05) is 13.8 Å². The third kappa shape index (κ3) is 4.17. The van der Waals surface area contributed by atoms with Crippen molar-refractivity contribution in [2.75, 3.05) is 39.8 Å². The summed E-state index contributed by atoms with van der Waals surface area (Å²) < 4.78 is 33.0. The van der Waals surface area contributed by atoms with Crippen LogP contribution in [0.1, 0.15) is 13.8 Å². The fourth-order valence-corrected chi connectivity index (χ4v) is 4.38. The van der Waals surface area contributed by atoms with Gasteiger partial charge in [0.1, 0.15) is 0 Å². The number of piperazine rings is 1. The van der Waals surface area contributed by atoms with Gasteiger partial charge in [0.25, 0.3) is 0 Å². The van der Waals surface area contributed by atoms with Gasteiger partial charge in [0.05, 0.1) is 10.4 Å². The monoisotopic (exact) mass is 382 g/mol. The standard InChI is InChI=1S/C17H26N4O4S/c1-12(2)15(21-8-6-20(3)7-9-21)11-18-26(23,24)13-4-5-14-16(10-13)25-17(22)19-14/h4-5,10,12,15,18H,6-9,11H2,1-3H3,(H,19,22). The predicted octanol–water partition coefficient (Wildman–Crippen LogP) is 0.671. The molecule has 9 heteroatoms. The van der Waals surface area contributed by atoms with Crippen LogP contribution in [0.25, 0.3) is 11.1 Å². The third-order valence-corrected chi connectivity index (χ3v) is 6.38. The molecule has 1 atom stereocenters. The Morgan fingerprint density at radius 2 is 1.92 bits per heavy atom. The molecule has 1 fully saturated rings. The quantitative estimate of drug-likeness (QED) is 0.762. The van der Waals surface area contributed by atoms with Gasteiger partial charge >= 0.3 is 5.76 Å². The van der Waals surface area contributed by atoms with E-state index in [4.69, 9.17) is 4.42 Å². The largest absolute Gasteiger partial charge is 0.417 e. The molecule has 144 valence electrons. The van der Waals surface area contributed by atoms with Gasteiger partial charge in [-0.2, -0.15) is 0 Å². The fraction of sp³-hybridized carbons (Fsp3) is 0.588. The molecule has 3 rings (SSSR count). The number of aromatic amines is 1. The summed E-state index contributed by atoms with van der Waals surface area (Å²) in [6.45, 7) is 8.40. The van der Waals surface area contributed by atoms with Crippen molar-refractivity contribution in [1.29, 1.82) is 0 Å². The number of sulfonamides is 1. The van der Waals surface area contributed by atoms with Gasteiger partial charge in [-0.3, -0.25) is 9.88 Å². The Bertz CT molecular complexity index is 910. The maximum absolute atomic E-state index is 12.7. The van der Waals surface area contributed by atoms with Crippen molar-refractivity contribution in [3.63, 3.8) is 0 Å². The number of benzene rings is 1. The van der Waals surface area contributed by atoms with E-state index in [0.29, 0.717) is 18.0 Å². The first kappa shape index (κ1) is 19.1. The van der Waals surface area contributed by atoms with Crippen molar-refractivity contribution in [2.24, 2.45) is 5.92 Å². The average Bonchev–Trinajstić information content (AvgIpc) is 2.95. The summed E-state index contributed by atoms with van der Waals surface area (Å²) in [5, 5.41) is 0. The molecule has 0 aliphatic carbocycles. The zero-order valence-electron chi connectivity index (χ0n) is 15.4. The molecule has 1 saturated heterocycles. The van der Waals surface area contributed by atoms with Crippen LogP contribution in [0.3, 0.4) is 0 Å². The third-order valence-electron chi connectivity index (χ3n) is 4.96. The molecule has 0 saturated carbocycles. The van der Waals surface area contributed by atoms with Gasteiger partial charge in [0.2, 0.25) is 10.0 Å². The minimum absolute atomic E-state index is 0.0913. The van der Waals surface area contributed by atoms with Crippen LogP contribution in [-0.4, -0.2) is 69.0 Å². The average molecular weight is 382 g/mol. The second-order valence-corrected chi connectivity index (χ2v) is 8.94. The highest BCUT2D eigenvalue weighted by Crippen LogP contribution is 2.18. The van der Waals surface area contributed by atoms with Crippen molar-refractivity contribution in [2.45, 2.75) is 24.8 Å². The molecule has 0 spiro atoms. The van der Waals surface area contributed by atoms with Crippen LogP contribution < -0.4 is 10.5 Å². The second kappa shape index (κ2) is 7.51. The maximum atomic E-state index is 12.7. The lowest BCUT2D eigenvalue weighted by molar-refractivity contribution is 0.0905. The van der Waals surface area contributed by atoms with Crippen LogP contribution in [-0.2, 0) is 10.0 Å². The van der Waals surface area contributed by atoms with Gasteiger partial charge in [-0.25, -0.2) is 17.9 Å². The van der Waals surface area contributed by atoms with E-state index in [0.717, 1.165) is 26.2 Å². The van der Waals surface area contributed by atoms with Gasteiger partial charge in [-0.05, 0) is 25.1 Å². The van der Waals surface area contributed by atoms with E-state index in [1.165, 1.54) is 18.2 Å². The van der Waals surface area contributed by atoms with Crippen molar-refractivity contribution < 1.29 is 12.8 Å². The summed E-state index contributed by atoms with van der Waals surface area (Å²) >= 11 is 0. The predicted molar refractivity (Wildman–Crippen MR) is 99.7 cm³/mol. The van der Waals surface area contributed by atoms with Gasteiger partial charge in [-0.15, -0.1) is 0 Å². The summed E-state index contributed by atoms with van der Waals surface area (Å²) in [5.41, 5.74) is 0.712. The molecular formula is C17H26N4O4S. The molecule has 1 aromatic carbocycles. The zero-order valence-corrected chi connectivity index (χ0v) is 16.2. The zero-order chi connectivity index (χ0) is 18.9. The molecule has 1 unspecified atom stereocenters. The number of fused-ring (bicyclic) bond motifs is 1. The van der Waals surface area contributed by atoms with E-state index in [1.807, 2.05) is 0 Å². The van der Waals surface area contributed by atoms with Crippen molar-refractivity contribution in [1.82, 2.24) is 19.5 Å². The molecule has 0 radical (unpaired) electrons. The van der Waals surface area contributed by atoms with E-state index >= 15 is 0 Å². The van der Waals surface area contributed by atoms with Crippen molar-refractivity contribution in [3.05, 3.63) is 28.7 Å². The molecule has 8 nitrogen and oxygen atoms in total. The summed E-state index contributed by atoms with van der Waals surface area (Å²) in [4.78, 5) is 18.5. The molecule has 0 amide bonds. The lowest BCUT2D eigenvalue weighted by atomic mass is 10.0. The first-order valence-corrected chi connectivity index (χ1v) is 10.3. The Morgan fingerprint density at radius 3 is 2.58 bits per heavy atom. The first-order valence-electron chi connectivity index (χ1n) is 8.81. The number of nitrogens with zero attached hydrogens (tertiary/aromatic N) is 2. The molecule has 2 heterocycles. The minimum atomic E-state index is -3.68. The van der Waals surface area contributed by atoms with E-state index in [1.54, 1.807) is 0 Å². The second-order valence-electron chi connectivity index (χ2n) is 7.17. The Labute approximate surface area is 153 Å². The summed E-state index contributed by atoms with van der Waals surface area (Å²) in [6, 6.07) is 4.51. The Hall–Kier alpha value is -1.68. The molecule has 2 aromatic rings. The smallest absolute Gasteiger partial charge is 0.408 e. The summed E-state index contributed by atoms with van der Waals surface area (Å²) in [7, 11) is -1.59. The Morgan fingerprint density at radius 1 is 1.23 bits per heavy atom. The topological polar surface area (TPSA) is 98.6 Å². The molecular weight excluding hydrogens is 356 g/mol. The SMILES string of the molecule is CC(C)C(CNS(=O)(=O)c1ccc2[nH]c(=O)oc2c1)N1CCN(C)CC1. The molecule has 1 aromatic heterocycles. The van der Waals surface area contributed by atoms with Gasteiger partial charge in [0, 0.05) is 44.8 Å². The van der Waals surface area contributed by atoms with Crippen LogP contribution in [0.5, 0.6) is 0 Å². The number of H-pyrrole nitrogens is 1. The molecule has 1 aliphatic heterocycles. The molecule has 0 bridgehead atoms. The normalized spacial score (nSPS) is 18.6. The summed E-state index contributed by atoms with van der Waals surface area (Å²) in [6.07, 6.45) is 0. The molecule has 26 heavy (non-hydrogen) atoms. The summed E-state index contributed by atoms with van der Waals surface area (Å²) in [5.74, 6) is -0.274. The number of oxazole rings is 1. The van der Waals surface area contributed by atoms with Crippen LogP contribution >= 0.6 is 0 Å². The van der Waals surface area contributed by atoms with Crippen LogP contribution in [0, 0.1) is 5.92 Å². The maximum Gasteiger partial charge on any atom is 0.417 e. The first-order chi connectivity index (χ1) is 12.3. The number of rotatable bonds is 6. The van der Waals surface area contributed by atoms with Crippen molar-refractivity contribution in [3.8, 4) is 0 Å². The number of likely N-dealkylation sites (N-methyl/N-ethyl adjacent to an activating group) is 1. The lowest BCUT2D eigenvalue weighted by Gasteiger charge is -2.39. The van der Waals surface area contributed by atoms with E-state index in [9.17, 15) is 13.2 Å². The van der Waals surface area contributed by atoms with Crippen LogP contribution in [0.2, 0.25) is 0 Å². The number of nitrogens with one attached hydrogen (secondary N) is 2. The van der Waals surface area contributed by atoms with Crippen LogP contribution in [0.4, 0.5) is 0 Å². The Balaban J connectivity index is 1.73. The van der Waals surface area contributed by atoms with E-state index in [2.05, 4.69) is 40.4 Å². The highest BCUT2D eigenvalue weighted by Gasteiger charge is 2.27. The van der Waals surface area contributed by atoms with Crippen molar-refractivity contribution >= 4 is 21.1 Å².